The third-order valence-electron chi connectivity index (χ3n) is 1.85. The standard InChI is InChI=1S/C11H16FNO/c1-8(2)14-11-6-4-3-5-9(11)10(13)7-12/h3-6,8,10H,7,13H2,1-2H3/t10-/m1/s1. The lowest BCUT2D eigenvalue weighted by atomic mass is 10.1. The Balaban J connectivity index is 2.91. The highest BCUT2D eigenvalue weighted by Crippen LogP contribution is 2.24. The predicted molar refractivity (Wildman–Crippen MR) is 55.1 cm³/mol. The van der Waals surface area contributed by atoms with Gasteiger partial charge in [0, 0.05) is 5.56 Å². The molecular formula is C11H16FNO. The zero-order chi connectivity index (χ0) is 10.6. The first-order valence-corrected chi connectivity index (χ1v) is 4.72. The molecule has 0 fully saturated rings. The molecule has 0 saturated carbocycles. The number of hydrogen-bond acceptors (Lipinski definition) is 2. The van der Waals surface area contributed by atoms with Crippen molar-refractivity contribution in [3.8, 4) is 5.75 Å². The van der Waals surface area contributed by atoms with Crippen molar-refractivity contribution in [2.24, 2.45) is 5.73 Å². The van der Waals surface area contributed by atoms with Crippen LogP contribution in [0.25, 0.3) is 0 Å². The average molecular weight is 197 g/mol. The lowest BCUT2D eigenvalue weighted by Gasteiger charge is -2.16. The third-order valence-corrected chi connectivity index (χ3v) is 1.85. The van der Waals surface area contributed by atoms with Gasteiger partial charge in [-0.1, -0.05) is 18.2 Å². The Morgan fingerprint density at radius 2 is 2.00 bits per heavy atom. The van der Waals surface area contributed by atoms with Gasteiger partial charge in [0.15, 0.2) is 0 Å². The van der Waals surface area contributed by atoms with Gasteiger partial charge >= 0.3 is 0 Å². The van der Waals surface area contributed by atoms with E-state index in [1.807, 2.05) is 32.0 Å². The SMILES string of the molecule is CC(C)Oc1ccccc1[C@H](N)CF. The molecule has 0 radical (unpaired) electrons. The van der Waals surface area contributed by atoms with Crippen molar-refractivity contribution in [3.05, 3.63) is 29.8 Å². The smallest absolute Gasteiger partial charge is 0.124 e. The van der Waals surface area contributed by atoms with Gasteiger partial charge in [0.2, 0.25) is 0 Å². The molecule has 14 heavy (non-hydrogen) atoms. The monoisotopic (exact) mass is 197 g/mol. The topological polar surface area (TPSA) is 35.2 Å². The molecule has 0 heterocycles. The van der Waals surface area contributed by atoms with Crippen molar-refractivity contribution in [1.82, 2.24) is 0 Å². The summed E-state index contributed by atoms with van der Waals surface area (Å²) >= 11 is 0. The molecule has 2 nitrogen and oxygen atoms in total. The summed E-state index contributed by atoms with van der Waals surface area (Å²) in [5.74, 6) is 0.674. The quantitative estimate of drug-likeness (QED) is 0.804. The zero-order valence-corrected chi connectivity index (χ0v) is 8.53. The van der Waals surface area contributed by atoms with Crippen LogP contribution in [0.4, 0.5) is 4.39 Å². The Morgan fingerprint density at radius 1 is 1.36 bits per heavy atom. The number of para-hydroxylation sites is 1. The molecule has 0 amide bonds. The van der Waals surface area contributed by atoms with Crippen LogP contribution in [0.2, 0.25) is 0 Å². The maximum Gasteiger partial charge on any atom is 0.124 e. The van der Waals surface area contributed by atoms with Crippen molar-refractivity contribution >= 4 is 0 Å². The molecule has 0 aromatic heterocycles. The number of ether oxygens (including phenoxy) is 1. The van der Waals surface area contributed by atoms with Crippen LogP contribution in [0, 0.1) is 0 Å². The molecule has 0 spiro atoms. The Labute approximate surface area is 83.9 Å². The number of halogens is 1. The minimum absolute atomic E-state index is 0.0722. The lowest BCUT2D eigenvalue weighted by molar-refractivity contribution is 0.237. The summed E-state index contributed by atoms with van der Waals surface area (Å²) in [6.45, 7) is 3.29. The summed E-state index contributed by atoms with van der Waals surface area (Å²) in [5, 5.41) is 0. The predicted octanol–water partition coefficient (Wildman–Crippen LogP) is 2.44. The van der Waals surface area contributed by atoms with Crippen LogP contribution in [0.5, 0.6) is 5.75 Å². The number of benzene rings is 1. The van der Waals surface area contributed by atoms with Gasteiger partial charge < -0.3 is 10.5 Å². The van der Waals surface area contributed by atoms with Crippen LogP contribution < -0.4 is 10.5 Å². The molecular weight excluding hydrogens is 181 g/mol. The number of hydrogen-bond donors (Lipinski definition) is 1. The van der Waals surface area contributed by atoms with E-state index in [0.717, 1.165) is 5.56 Å². The first-order chi connectivity index (χ1) is 6.65. The van der Waals surface area contributed by atoms with Crippen molar-refractivity contribution in [2.45, 2.75) is 26.0 Å². The lowest BCUT2D eigenvalue weighted by Crippen LogP contribution is -2.15. The maximum atomic E-state index is 12.4. The second kappa shape index (κ2) is 4.96. The molecule has 1 aromatic carbocycles. The van der Waals surface area contributed by atoms with E-state index < -0.39 is 12.7 Å². The van der Waals surface area contributed by atoms with Crippen LogP contribution in [0.1, 0.15) is 25.5 Å². The largest absolute Gasteiger partial charge is 0.491 e. The molecule has 0 aliphatic carbocycles. The van der Waals surface area contributed by atoms with Crippen molar-refractivity contribution in [1.29, 1.82) is 0 Å². The average Bonchev–Trinajstić information content (AvgIpc) is 2.16. The molecule has 1 aromatic rings. The number of alkyl halides is 1. The van der Waals surface area contributed by atoms with Gasteiger partial charge in [-0.15, -0.1) is 0 Å². The van der Waals surface area contributed by atoms with E-state index in [1.54, 1.807) is 6.07 Å². The van der Waals surface area contributed by atoms with E-state index in [9.17, 15) is 4.39 Å². The molecule has 0 aliphatic heterocycles. The van der Waals surface area contributed by atoms with E-state index in [-0.39, 0.29) is 6.10 Å². The number of nitrogens with two attached hydrogens (primary N) is 1. The molecule has 0 saturated heterocycles. The van der Waals surface area contributed by atoms with Crippen LogP contribution in [0.3, 0.4) is 0 Å². The molecule has 2 N–H and O–H groups in total. The van der Waals surface area contributed by atoms with E-state index in [2.05, 4.69) is 0 Å². The first kappa shape index (κ1) is 11.0. The van der Waals surface area contributed by atoms with Gasteiger partial charge in [0.1, 0.15) is 12.4 Å². The Kier molecular flexibility index (Phi) is 3.89. The summed E-state index contributed by atoms with van der Waals surface area (Å²) in [7, 11) is 0. The van der Waals surface area contributed by atoms with Gasteiger partial charge in [-0.05, 0) is 19.9 Å². The summed E-state index contributed by atoms with van der Waals surface area (Å²) in [4.78, 5) is 0. The van der Waals surface area contributed by atoms with Gasteiger partial charge in [-0.2, -0.15) is 0 Å². The van der Waals surface area contributed by atoms with Gasteiger partial charge in [-0.25, -0.2) is 4.39 Å². The fourth-order valence-electron chi connectivity index (χ4n) is 1.23. The summed E-state index contributed by atoms with van der Waals surface area (Å²) in [6.07, 6.45) is 0.0722. The van der Waals surface area contributed by atoms with Gasteiger partial charge in [0.25, 0.3) is 0 Å². The molecule has 0 bridgehead atoms. The highest BCUT2D eigenvalue weighted by Gasteiger charge is 2.11. The molecule has 1 atom stereocenters. The van der Waals surface area contributed by atoms with Crippen LogP contribution in [-0.4, -0.2) is 12.8 Å². The second-order valence-electron chi connectivity index (χ2n) is 3.47. The minimum atomic E-state index is -0.593. The fourth-order valence-corrected chi connectivity index (χ4v) is 1.23. The van der Waals surface area contributed by atoms with Crippen LogP contribution in [-0.2, 0) is 0 Å². The van der Waals surface area contributed by atoms with E-state index in [0.29, 0.717) is 5.75 Å². The third kappa shape index (κ3) is 2.70. The van der Waals surface area contributed by atoms with Gasteiger partial charge in [-0.3, -0.25) is 0 Å². The molecule has 0 unspecified atom stereocenters. The van der Waals surface area contributed by atoms with Crippen LogP contribution >= 0.6 is 0 Å². The molecule has 1 rings (SSSR count). The fraction of sp³-hybridized carbons (Fsp3) is 0.455. The van der Waals surface area contributed by atoms with E-state index >= 15 is 0 Å². The summed E-state index contributed by atoms with van der Waals surface area (Å²) < 4.78 is 17.9. The molecule has 0 aliphatic rings. The second-order valence-corrected chi connectivity index (χ2v) is 3.47. The summed E-state index contributed by atoms with van der Waals surface area (Å²) in [5.41, 5.74) is 6.34. The Hall–Kier alpha value is -1.09. The summed E-state index contributed by atoms with van der Waals surface area (Å²) in [6, 6.07) is 6.70. The minimum Gasteiger partial charge on any atom is -0.491 e. The highest BCUT2D eigenvalue weighted by molar-refractivity contribution is 5.35. The van der Waals surface area contributed by atoms with Crippen molar-refractivity contribution in [2.75, 3.05) is 6.67 Å². The maximum absolute atomic E-state index is 12.4. The van der Waals surface area contributed by atoms with Crippen molar-refractivity contribution in [3.63, 3.8) is 0 Å². The van der Waals surface area contributed by atoms with E-state index in [4.69, 9.17) is 10.5 Å². The Bertz CT molecular complexity index is 288. The number of rotatable bonds is 4. The van der Waals surface area contributed by atoms with Crippen molar-refractivity contribution < 1.29 is 9.13 Å². The molecule has 3 heteroatoms. The first-order valence-electron chi connectivity index (χ1n) is 4.72. The van der Waals surface area contributed by atoms with Gasteiger partial charge in [0.05, 0.1) is 12.1 Å². The molecule has 78 valence electrons. The highest BCUT2D eigenvalue weighted by atomic mass is 19.1. The zero-order valence-electron chi connectivity index (χ0n) is 8.53. The normalized spacial score (nSPS) is 12.9. The van der Waals surface area contributed by atoms with Crippen LogP contribution in [0.15, 0.2) is 24.3 Å². The Morgan fingerprint density at radius 3 is 2.57 bits per heavy atom. The van der Waals surface area contributed by atoms with E-state index in [1.165, 1.54) is 0 Å².